The molecule has 4 aromatic rings. The highest BCUT2D eigenvalue weighted by Crippen LogP contribution is 2.24. The standard InChI is InChI=1S/C28H27N5O2/c1-20-13-24(21(2)33(20)26-7-9-27(35-3)10-8-26)15-25(16-29)28(34)31-17-22-5-4-6-23(14-22)18-32-12-11-30-19-32/h4-15,19H,17-18H2,1-3H3,(H,31,34)/b25-15-. The highest BCUT2D eigenvalue weighted by atomic mass is 16.5. The summed E-state index contributed by atoms with van der Waals surface area (Å²) in [7, 11) is 1.64. The first-order valence-corrected chi connectivity index (χ1v) is 11.3. The van der Waals surface area contributed by atoms with Crippen molar-refractivity contribution in [3.8, 4) is 17.5 Å². The zero-order chi connectivity index (χ0) is 24.8. The molecule has 1 amide bonds. The van der Waals surface area contributed by atoms with Gasteiger partial charge in [-0.15, -0.1) is 0 Å². The molecule has 35 heavy (non-hydrogen) atoms. The molecule has 2 aromatic heterocycles. The minimum Gasteiger partial charge on any atom is -0.497 e. The SMILES string of the molecule is COc1ccc(-n2c(C)cc(/C=C(/C#N)C(=O)NCc3cccc(Cn4ccnc4)c3)c2C)cc1. The Balaban J connectivity index is 1.48. The van der Waals surface area contributed by atoms with Crippen molar-refractivity contribution in [1.82, 2.24) is 19.4 Å². The number of carbonyl (C=O) groups excluding carboxylic acids is 1. The number of aromatic nitrogens is 3. The fourth-order valence-electron chi connectivity index (χ4n) is 4.07. The highest BCUT2D eigenvalue weighted by Gasteiger charge is 2.14. The fourth-order valence-corrected chi connectivity index (χ4v) is 4.07. The second-order valence-corrected chi connectivity index (χ2v) is 8.27. The summed E-state index contributed by atoms with van der Waals surface area (Å²) in [5.41, 5.74) is 5.90. The van der Waals surface area contributed by atoms with E-state index in [1.807, 2.05) is 79.2 Å². The molecule has 0 radical (unpaired) electrons. The molecule has 0 spiro atoms. The van der Waals surface area contributed by atoms with E-state index in [-0.39, 0.29) is 5.57 Å². The number of hydrogen-bond acceptors (Lipinski definition) is 4. The number of ether oxygens (including phenoxy) is 1. The molecule has 2 aromatic carbocycles. The van der Waals surface area contributed by atoms with Gasteiger partial charge in [0.15, 0.2) is 0 Å². The molecule has 0 aliphatic heterocycles. The Morgan fingerprint density at radius 2 is 1.91 bits per heavy atom. The van der Waals surface area contributed by atoms with E-state index in [0.717, 1.165) is 39.5 Å². The zero-order valence-corrected chi connectivity index (χ0v) is 20.0. The molecule has 176 valence electrons. The quantitative estimate of drug-likeness (QED) is 0.305. The van der Waals surface area contributed by atoms with Crippen LogP contribution in [-0.4, -0.2) is 27.1 Å². The summed E-state index contributed by atoms with van der Waals surface area (Å²) in [5.74, 6) is 0.383. The van der Waals surface area contributed by atoms with Gasteiger partial charge in [0.1, 0.15) is 17.4 Å². The van der Waals surface area contributed by atoms with E-state index in [0.29, 0.717) is 13.1 Å². The Morgan fingerprint density at radius 3 is 2.60 bits per heavy atom. The second-order valence-electron chi connectivity index (χ2n) is 8.27. The van der Waals surface area contributed by atoms with Crippen LogP contribution in [0.1, 0.15) is 28.1 Å². The van der Waals surface area contributed by atoms with E-state index in [4.69, 9.17) is 4.74 Å². The molecule has 0 atom stereocenters. The van der Waals surface area contributed by atoms with E-state index < -0.39 is 5.91 Å². The molecule has 4 rings (SSSR count). The molecular weight excluding hydrogens is 438 g/mol. The molecule has 7 heteroatoms. The zero-order valence-electron chi connectivity index (χ0n) is 20.0. The minimum atomic E-state index is -0.401. The Kier molecular flexibility index (Phi) is 7.12. The molecule has 1 N–H and O–H groups in total. The van der Waals surface area contributed by atoms with Gasteiger partial charge in [-0.25, -0.2) is 4.98 Å². The molecule has 0 aliphatic rings. The van der Waals surface area contributed by atoms with Gasteiger partial charge in [-0.3, -0.25) is 4.79 Å². The number of amides is 1. The molecule has 0 saturated heterocycles. The normalized spacial score (nSPS) is 11.2. The maximum Gasteiger partial charge on any atom is 0.262 e. The van der Waals surface area contributed by atoms with Crippen LogP contribution in [-0.2, 0) is 17.9 Å². The number of carbonyl (C=O) groups is 1. The first-order valence-electron chi connectivity index (χ1n) is 11.3. The van der Waals surface area contributed by atoms with Crippen LogP contribution in [0.5, 0.6) is 5.75 Å². The lowest BCUT2D eigenvalue weighted by Gasteiger charge is -2.10. The third-order valence-electron chi connectivity index (χ3n) is 5.83. The summed E-state index contributed by atoms with van der Waals surface area (Å²) >= 11 is 0. The van der Waals surface area contributed by atoms with Gasteiger partial charge in [-0.05, 0) is 66.9 Å². The van der Waals surface area contributed by atoms with Crippen LogP contribution in [0.25, 0.3) is 11.8 Å². The number of methoxy groups -OCH3 is 1. The van der Waals surface area contributed by atoms with Crippen molar-refractivity contribution < 1.29 is 9.53 Å². The van der Waals surface area contributed by atoms with Crippen molar-refractivity contribution in [2.75, 3.05) is 7.11 Å². The molecule has 7 nitrogen and oxygen atoms in total. The molecule has 0 fully saturated rings. The highest BCUT2D eigenvalue weighted by molar-refractivity contribution is 6.01. The van der Waals surface area contributed by atoms with Crippen molar-refractivity contribution >= 4 is 12.0 Å². The van der Waals surface area contributed by atoms with Gasteiger partial charge < -0.3 is 19.2 Å². The Labute approximate surface area is 204 Å². The molecule has 2 heterocycles. The van der Waals surface area contributed by atoms with E-state index >= 15 is 0 Å². The average molecular weight is 466 g/mol. The average Bonchev–Trinajstić information content (AvgIpc) is 3.48. The van der Waals surface area contributed by atoms with Crippen LogP contribution < -0.4 is 10.1 Å². The largest absolute Gasteiger partial charge is 0.497 e. The van der Waals surface area contributed by atoms with Gasteiger partial charge in [-0.1, -0.05) is 24.3 Å². The van der Waals surface area contributed by atoms with Crippen molar-refractivity contribution in [2.24, 2.45) is 0 Å². The molecule has 0 aliphatic carbocycles. The minimum absolute atomic E-state index is 0.0644. The van der Waals surface area contributed by atoms with Gasteiger partial charge >= 0.3 is 0 Å². The number of aryl methyl sites for hydroxylation is 1. The Morgan fingerprint density at radius 1 is 1.14 bits per heavy atom. The third-order valence-corrected chi connectivity index (χ3v) is 5.83. The lowest BCUT2D eigenvalue weighted by Crippen LogP contribution is -2.24. The van der Waals surface area contributed by atoms with Gasteiger partial charge in [0.2, 0.25) is 0 Å². The van der Waals surface area contributed by atoms with Crippen LogP contribution in [0.3, 0.4) is 0 Å². The first kappa shape index (κ1) is 23.6. The monoisotopic (exact) mass is 465 g/mol. The van der Waals surface area contributed by atoms with Crippen molar-refractivity contribution in [1.29, 1.82) is 5.26 Å². The van der Waals surface area contributed by atoms with Crippen LogP contribution >= 0.6 is 0 Å². The number of nitrogens with one attached hydrogen (secondary N) is 1. The summed E-state index contributed by atoms with van der Waals surface area (Å²) in [5, 5.41) is 12.5. The summed E-state index contributed by atoms with van der Waals surface area (Å²) in [4.78, 5) is 16.9. The van der Waals surface area contributed by atoms with Crippen molar-refractivity contribution in [3.05, 3.63) is 107 Å². The van der Waals surface area contributed by atoms with Crippen molar-refractivity contribution in [3.63, 3.8) is 0 Å². The second kappa shape index (κ2) is 10.6. The molecular formula is C28H27N5O2. The summed E-state index contributed by atoms with van der Waals surface area (Å²) in [6.45, 7) is 5.01. The summed E-state index contributed by atoms with van der Waals surface area (Å²) in [6, 6.07) is 19.8. The predicted molar refractivity (Wildman–Crippen MR) is 135 cm³/mol. The first-order chi connectivity index (χ1) is 17.0. The fraction of sp³-hybridized carbons (Fsp3) is 0.179. The maximum absolute atomic E-state index is 12.8. The predicted octanol–water partition coefficient (Wildman–Crippen LogP) is 4.57. The Bertz CT molecular complexity index is 1390. The maximum atomic E-state index is 12.8. The summed E-state index contributed by atoms with van der Waals surface area (Å²) < 4.78 is 9.32. The Hall–Kier alpha value is -4.57. The van der Waals surface area contributed by atoms with E-state index in [1.165, 1.54) is 0 Å². The lowest BCUT2D eigenvalue weighted by atomic mass is 10.1. The van der Waals surface area contributed by atoms with Crippen LogP contribution in [0.15, 0.2) is 78.9 Å². The van der Waals surface area contributed by atoms with Crippen molar-refractivity contribution in [2.45, 2.75) is 26.9 Å². The van der Waals surface area contributed by atoms with Crippen LogP contribution in [0, 0.1) is 25.2 Å². The topological polar surface area (TPSA) is 84.9 Å². The van der Waals surface area contributed by atoms with E-state index in [9.17, 15) is 10.1 Å². The number of nitriles is 1. The summed E-state index contributed by atoms with van der Waals surface area (Å²) in [6.07, 6.45) is 7.06. The lowest BCUT2D eigenvalue weighted by molar-refractivity contribution is -0.117. The number of imidazole rings is 1. The molecule has 0 bridgehead atoms. The smallest absolute Gasteiger partial charge is 0.262 e. The number of nitrogens with zero attached hydrogens (tertiary/aromatic N) is 4. The number of rotatable bonds is 8. The van der Waals surface area contributed by atoms with Crippen LogP contribution in [0.4, 0.5) is 0 Å². The number of hydrogen-bond donors (Lipinski definition) is 1. The van der Waals surface area contributed by atoms with Gasteiger partial charge in [0.25, 0.3) is 5.91 Å². The molecule has 0 saturated carbocycles. The van der Waals surface area contributed by atoms with E-state index in [1.54, 1.807) is 25.7 Å². The number of benzene rings is 2. The van der Waals surface area contributed by atoms with Gasteiger partial charge in [-0.2, -0.15) is 5.26 Å². The van der Waals surface area contributed by atoms with Gasteiger partial charge in [0.05, 0.1) is 13.4 Å². The molecule has 0 unspecified atom stereocenters. The van der Waals surface area contributed by atoms with Crippen LogP contribution in [0.2, 0.25) is 0 Å². The van der Waals surface area contributed by atoms with E-state index in [2.05, 4.69) is 20.9 Å². The third kappa shape index (κ3) is 5.50. The van der Waals surface area contributed by atoms with Gasteiger partial charge in [0, 0.05) is 42.6 Å².